The Labute approximate surface area is 175 Å². The van der Waals surface area contributed by atoms with Crippen molar-refractivity contribution in [3.63, 3.8) is 0 Å². The third kappa shape index (κ3) is 7.24. The number of carbonyl (C=O) groups is 3. The van der Waals surface area contributed by atoms with Crippen molar-refractivity contribution in [2.75, 3.05) is 5.75 Å². The highest BCUT2D eigenvalue weighted by Gasteiger charge is 2.27. The Morgan fingerprint density at radius 1 is 0.828 bits per heavy atom. The highest BCUT2D eigenvalue weighted by Crippen LogP contribution is 2.05. The van der Waals surface area contributed by atoms with E-state index in [1.165, 1.54) is 0 Å². The number of carboxylic acid groups (broad SMARTS) is 1. The van der Waals surface area contributed by atoms with Crippen molar-refractivity contribution < 1.29 is 19.5 Å². The lowest BCUT2D eigenvalue weighted by Crippen LogP contribution is -2.55. The van der Waals surface area contributed by atoms with Crippen LogP contribution in [0.15, 0.2) is 60.7 Å². The van der Waals surface area contributed by atoms with Gasteiger partial charge in [0.25, 0.3) is 0 Å². The van der Waals surface area contributed by atoms with Crippen LogP contribution in [0.3, 0.4) is 0 Å². The van der Waals surface area contributed by atoms with Crippen molar-refractivity contribution in [1.82, 2.24) is 10.6 Å². The van der Waals surface area contributed by atoms with Crippen LogP contribution < -0.4 is 16.4 Å². The molecule has 154 valence electrons. The Bertz CT molecular complexity index is 817. The number of carboxylic acids is 1. The first kappa shape index (κ1) is 22.4. The highest BCUT2D eigenvalue weighted by molar-refractivity contribution is 7.80. The minimum Gasteiger partial charge on any atom is -0.480 e. The fraction of sp³-hybridized carbons (Fsp3) is 0.286. The molecule has 2 aromatic rings. The molecule has 0 fully saturated rings. The Kier molecular flexibility index (Phi) is 8.69. The van der Waals surface area contributed by atoms with Gasteiger partial charge in [-0.05, 0) is 17.5 Å². The largest absolute Gasteiger partial charge is 0.480 e. The van der Waals surface area contributed by atoms with E-state index in [-0.39, 0.29) is 12.2 Å². The van der Waals surface area contributed by atoms with Crippen molar-refractivity contribution in [1.29, 1.82) is 0 Å². The topological polar surface area (TPSA) is 122 Å². The normalized spacial score (nSPS) is 13.7. The zero-order chi connectivity index (χ0) is 21.2. The maximum atomic E-state index is 12.5. The fourth-order valence-corrected chi connectivity index (χ4v) is 3.01. The van der Waals surface area contributed by atoms with Gasteiger partial charge in [-0.2, -0.15) is 12.6 Å². The molecule has 2 aromatic carbocycles. The molecule has 5 N–H and O–H groups in total. The number of thiol groups is 1. The second-order valence-electron chi connectivity index (χ2n) is 6.63. The molecule has 0 saturated carbocycles. The smallest absolute Gasteiger partial charge is 0.326 e. The SMILES string of the molecule is N[C@@H](Cc1ccccc1)C(=O)N[C@@H](CS)C(=O)N[C@@H](Cc1ccccc1)C(=O)O. The number of nitrogens with two attached hydrogens (primary N) is 1. The summed E-state index contributed by atoms with van der Waals surface area (Å²) in [5, 5.41) is 14.4. The number of aliphatic carboxylic acids is 1. The number of benzene rings is 2. The van der Waals surface area contributed by atoms with E-state index >= 15 is 0 Å². The zero-order valence-electron chi connectivity index (χ0n) is 15.8. The number of amides is 2. The van der Waals surface area contributed by atoms with Crippen LogP contribution in [0.2, 0.25) is 0 Å². The van der Waals surface area contributed by atoms with Crippen molar-refractivity contribution in [2.45, 2.75) is 31.0 Å². The Morgan fingerprint density at radius 3 is 1.79 bits per heavy atom. The third-order valence-electron chi connectivity index (χ3n) is 4.35. The molecule has 0 aliphatic heterocycles. The highest BCUT2D eigenvalue weighted by atomic mass is 32.1. The van der Waals surface area contributed by atoms with E-state index in [1.54, 1.807) is 24.3 Å². The molecule has 0 saturated heterocycles. The van der Waals surface area contributed by atoms with Gasteiger partial charge in [0.1, 0.15) is 12.1 Å². The maximum absolute atomic E-state index is 12.5. The summed E-state index contributed by atoms with van der Waals surface area (Å²) < 4.78 is 0. The molecule has 3 atom stereocenters. The van der Waals surface area contributed by atoms with E-state index in [0.717, 1.165) is 11.1 Å². The van der Waals surface area contributed by atoms with E-state index < -0.39 is 35.9 Å². The number of hydrogen-bond acceptors (Lipinski definition) is 5. The monoisotopic (exact) mass is 415 g/mol. The number of carbonyl (C=O) groups excluding carboxylic acids is 2. The van der Waals surface area contributed by atoms with Gasteiger partial charge in [-0.25, -0.2) is 4.79 Å². The summed E-state index contributed by atoms with van der Waals surface area (Å²) in [6, 6.07) is 15.3. The van der Waals surface area contributed by atoms with Crippen molar-refractivity contribution >= 4 is 30.4 Å². The van der Waals surface area contributed by atoms with Gasteiger partial charge < -0.3 is 21.5 Å². The molecule has 7 nitrogen and oxygen atoms in total. The van der Waals surface area contributed by atoms with Gasteiger partial charge in [0.15, 0.2) is 0 Å². The first-order valence-corrected chi connectivity index (χ1v) is 9.81. The van der Waals surface area contributed by atoms with E-state index in [0.29, 0.717) is 6.42 Å². The van der Waals surface area contributed by atoms with Crippen molar-refractivity contribution in [2.24, 2.45) is 5.73 Å². The first-order chi connectivity index (χ1) is 13.9. The molecular weight excluding hydrogens is 390 g/mol. The predicted molar refractivity (Wildman–Crippen MR) is 114 cm³/mol. The Morgan fingerprint density at radius 2 is 1.31 bits per heavy atom. The minimum atomic E-state index is -1.16. The Balaban J connectivity index is 1.95. The molecule has 8 heteroatoms. The van der Waals surface area contributed by atoms with Crippen LogP contribution in [0, 0.1) is 0 Å². The van der Waals surface area contributed by atoms with Gasteiger partial charge in [-0.1, -0.05) is 60.7 Å². The lowest BCUT2D eigenvalue weighted by Gasteiger charge is -2.22. The van der Waals surface area contributed by atoms with Crippen LogP contribution in [0.1, 0.15) is 11.1 Å². The standard InChI is InChI=1S/C21H25N3O4S/c22-16(11-14-7-3-1-4-8-14)19(25)24-18(13-29)20(26)23-17(21(27)28)12-15-9-5-2-6-10-15/h1-10,16-18,29H,11-13,22H2,(H,23,26)(H,24,25)(H,27,28)/t16-,17-,18-/m0/s1. The number of nitrogens with one attached hydrogen (secondary N) is 2. The molecule has 2 amide bonds. The molecule has 2 rings (SSSR count). The average Bonchev–Trinajstić information content (AvgIpc) is 2.72. The van der Waals surface area contributed by atoms with Crippen molar-refractivity contribution in [3.05, 3.63) is 71.8 Å². The lowest BCUT2D eigenvalue weighted by atomic mass is 10.0. The summed E-state index contributed by atoms with van der Waals surface area (Å²) >= 11 is 4.11. The van der Waals surface area contributed by atoms with Gasteiger partial charge in [0.2, 0.25) is 11.8 Å². The van der Waals surface area contributed by atoms with Crippen LogP contribution in [0.25, 0.3) is 0 Å². The summed E-state index contributed by atoms with van der Waals surface area (Å²) in [5.41, 5.74) is 7.61. The van der Waals surface area contributed by atoms with Crippen LogP contribution in [-0.2, 0) is 27.2 Å². The summed E-state index contributed by atoms with van der Waals surface area (Å²) in [4.78, 5) is 36.4. The molecule has 0 aliphatic rings. The molecule has 0 bridgehead atoms. The van der Waals surface area contributed by atoms with E-state index in [4.69, 9.17) is 5.73 Å². The van der Waals surface area contributed by atoms with Gasteiger partial charge in [0.05, 0.1) is 6.04 Å². The summed E-state index contributed by atoms with van der Waals surface area (Å²) in [6.45, 7) is 0. The van der Waals surface area contributed by atoms with Gasteiger partial charge in [-0.3, -0.25) is 9.59 Å². The molecule has 0 radical (unpaired) electrons. The molecule has 0 aliphatic carbocycles. The van der Waals surface area contributed by atoms with Crippen molar-refractivity contribution in [3.8, 4) is 0 Å². The summed E-state index contributed by atoms with van der Waals surface area (Å²) in [5.74, 6) is -2.28. The summed E-state index contributed by atoms with van der Waals surface area (Å²) in [7, 11) is 0. The third-order valence-corrected chi connectivity index (χ3v) is 4.71. The second kappa shape index (κ2) is 11.2. The molecule has 0 unspecified atom stereocenters. The average molecular weight is 416 g/mol. The fourth-order valence-electron chi connectivity index (χ4n) is 2.76. The zero-order valence-corrected chi connectivity index (χ0v) is 16.7. The van der Waals surface area contributed by atoms with Crippen LogP contribution in [0.4, 0.5) is 0 Å². The van der Waals surface area contributed by atoms with Gasteiger partial charge in [0, 0.05) is 12.2 Å². The molecule has 29 heavy (non-hydrogen) atoms. The second-order valence-corrected chi connectivity index (χ2v) is 6.99. The van der Waals surface area contributed by atoms with Crippen LogP contribution in [-0.4, -0.2) is 46.8 Å². The quantitative estimate of drug-likeness (QED) is 0.367. The number of rotatable bonds is 10. The minimum absolute atomic E-state index is 0.00725. The molecular formula is C21H25N3O4S. The molecule has 0 spiro atoms. The summed E-state index contributed by atoms with van der Waals surface area (Å²) in [6.07, 6.45) is 0.446. The van der Waals surface area contributed by atoms with Gasteiger partial charge >= 0.3 is 5.97 Å². The molecule has 0 aromatic heterocycles. The maximum Gasteiger partial charge on any atom is 0.326 e. The van der Waals surface area contributed by atoms with Crippen LogP contribution in [0.5, 0.6) is 0 Å². The lowest BCUT2D eigenvalue weighted by molar-refractivity contribution is -0.142. The number of hydrogen-bond donors (Lipinski definition) is 5. The van der Waals surface area contributed by atoms with E-state index in [1.807, 2.05) is 36.4 Å². The van der Waals surface area contributed by atoms with Crippen LogP contribution >= 0.6 is 12.6 Å². The Hall–Kier alpha value is -2.84. The molecule has 0 heterocycles. The van der Waals surface area contributed by atoms with E-state index in [9.17, 15) is 19.5 Å². The van der Waals surface area contributed by atoms with E-state index in [2.05, 4.69) is 23.3 Å². The predicted octanol–water partition coefficient (Wildman–Crippen LogP) is 0.783. The van der Waals surface area contributed by atoms with Gasteiger partial charge in [-0.15, -0.1) is 0 Å². The first-order valence-electron chi connectivity index (χ1n) is 9.18.